The lowest BCUT2D eigenvalue weighted by Crippen LogP contribution is -2.09. The predicted octanol–water partition coefficient (Wildman–Crippen LogP) is 6.63. The maximum atomic E-state index is 12.8. The minimum Gasteiger partial charge on any atom is -0.487 e. The van der Waals surface area contributed by atoms with Crippen molar-refractivity contribution < 1.29 is 33.7 Å². The minimum atomic E-state index is -9.69. The van der Waals surface area contributed by atoms with Crippen molar-refractivity contribution in [3.8, 4) is 5.75 Å². The molecule has 4 rings (SSSR count). The summed E-state index contributed by atoms with van der Waals surface area (Å²) in [5.41, 5.74) is 1.93. The smallest absolute Gasteiger partial charge is 0.310 e. The number of oxazole rings is 1. The van der Waals surface area contributed by atoms with E-state index in [1.807, 2.05) is 24.3 Å². The number of aromatic nitrogens is 5. The van der Waals surface area contributed by atoms with Crippen molar-refractivity contribution in [2.45, 2.75) is 43.7 Å². The number of aryl methyl sites for hydroxylation is 2. The normalized spacial score (nSPS) is 13.9. The Bertz CT molecular complexity index is 1410. The molecule has 2 aromatic heterocycles. The van der Waals surface area contributed by atoms with Gasteiger partial charge in [0.2, 0.25) is 5.89 Å². The third-order valence-corrected chi connectivity index (χ3v) is 6.82. The molecule has 0 amide bonds. The van der Waals surface area contributed by atoms with Gasteiger partial charge in [-0.15, -0.1) is 5.10 Å². The van der Waals surface area contributed by atoms with Crippen molar-refractivity contribution in [2.75, 3.05) is 6.61 Å². The van der Waals surface area contributed by atoms with Gasteiger partial charge in [0.1, 0.15) is 29.2 Å². The second-order valence-electron chi connectivity index (χ2n) is 8.73. The van der Waals surface area contributed by atoms with Gasteiger partial charge in [0, 0.05) is 12.5 Å². The lowest BCUT2D eigenvalue weighted by molar-refractivity contribution is 0.265. The average molecular weight is 572 g/mol. The molecule has 0 aliphatic carbocycles. The predicted molar refractivity (Wildman–Crippen MR) is 136 cm³/mol. The zero-order chi connectivity index (χ0) is 28.0. The van der Waals surface area contributed by atoms with Crippen LogP contribution in [-0.2, 0) is 26.0 Å². The van der Waals surface area contributed by atoms with Gasteiger partial charge in [0.05, 0.1) is 13.2 Å². The lowest BCUT2D eigenvalue weighted by Gasteiger charge is -2.40. The van der Waals surface area contributed by atoms with Crippen LogP contribution in [0, 0.1) is 0 Å². The van der Waals surface area contributed by atoms with Crippen LogP contribution in [0.25, 0.3) is 12.2 Å². The van der Waals surface area contributed by atoms with E-state index in [9.17, 15) is 19.4 Å². The van der Waals surface area contributed by atoms with Gasteiger partial charge < -0.3 is 14.3 Å². The molecule has 2 aromatic carbocycles. The van der Waals surface area contributed by atoms with Crippen LogP contribution in [0.5, 0.6) is 5.75 Å². The Balaban J connectivity index is 1.21. The first-order valence-electron chi connectivity index (χ1n) is 11.9. The van der Waals surface area contributed by atoms with E-state index in [2.05, 4.69) is 20.5 Å². The molecule has 0 spiro atoms. The van der Waals surface area contributed by atoms with Gasteiger partial charge in [-0.25, -0.2) is 9.67 Å². The summed E-state index contributed by atoms with van der Waals surface area (Å²) in [5, 5.41) is 20.5. The Morgan fingerprint density at radius 3 is 2.33 bits per heavy atom. The molecule has 0 fully saturated rings. The minimum absolute atomic E-state index is 0.0125. The fraction of sp³-hybridized carbons (Fsp3) is 0.280. The lowest BCUT2D eigenvalue weighted by atomic mass is 10.1. The van der Waals surface area contributed by atoms with E-state index in [-0.39, 0.29) is 24.7 Å². The molecular weight excluding hydrogens is 545 g/mol. The third-order valence-electron chi connectivity index (χ3n) is 5.66. The highest BCUT2D eigenvalue weighted by atomic mass is 32.5. The summed E-state index contributed by atoms with van der Waals surface area (Å²) in [7, 11) is -9.69. The molecule has 0 atom stereocenters. The standard InChI is InChI=1S/C25H26F5N5O3S/c26-39(27,28,29,30)23-12-7-20(8-13-23)9-14-25-31-21(18-38-25)17-37-22-10-5-19(6-11-22)3-1-2-4-24-32-33-34-35(24)15-16-36/h5-14,18,36H,1-4,15-17H2/b14-9+. The zero-order valence-electron chi connectivity index (χ0n) is 20.6. The number of rotatable bonds is 13. The highest BCUT2D eigenvalue weighted by Crippen LogP contribution is 3.02. The molecule has 0 saturated carbocycles. The summed E-state index contributed by atoms with van der Waals surface area (Å²) in [5.74, 6) is 1.59. The number of nitrogens with zero attached hydrogens (tertiary/aromatic N) is 5. The molecule has 0 saturated heterocycles. The summed E-state index contributed by atoms with van der Waals surface area (Å²) in [6, 6.07) is 10.3. The molecule has 4 aromatic rings. The molecule has 0 aliphatic rings. The van der Waals surface area contributed by atoms with E-state index >= 15 is 0 Å². The highest BCUT2D eigenvalue weighted by Gasteiger charge is 2.65. The molecule has 0 bridgehead atoms. The fourth-order valence-corrected chi connectivity index (χ4v) is 4.31. The van der Waals surface area contributed by atoms with Crippen molar-refractivity contribution in [2.24, 2.45) is 0 Å². The number of tetrazole rings is 1. The van der Waals surface area contributed by atoms with Gasteiger partial charge in [-0.3, -0.25) is 0 Å². The summed E-state index contributed by atoms with van der Waals surface area (Å²) in [4.78, 5) is 2.28. The Morgan fingerprint density at radius 2 is 1.64 bits per heavy atom. The Labute approximate surface area is 220 Å². The number of hydrogen-bond acceptors (Lipinski definition) is 7. The van der Waals surface area contributed by atoms with Gasteiger partial charge >= 0.3 is 10.2 Å². The molecule has 0 aliphatic heterocycles. The highest BCUT2D eigenvalue weighted by molar-refractivity contribution is 8.45. The Morgan fingerprint density at radius 1 is 0.923 bits per heavy atom. The summed E-state index contributed by atoms with van der Waals surface area (Å²) < 4.78 is 76.7. The topological polar surface area (TPSA) is 99.1 Å². The SMILES string of the molecule is OCCn1nnnc1CCCCc1ccc(OCc2coc(/C=C/c3ccc(S(F)(F)(F)(F)F)cc3)n2)cc1. The van der Waals surface area contributed by atoms with Crippen LogP contribution < -0.4 is 4.74 Å². The van der Waals surface area contributed by atoms with Crippen molar-refractivity contribution >= 4 is 22.4 Å². The molecule has 39 heavy (non-hydrogen) atoms. The van der Waals surface area contributed by atoms with Crippen molar-refractivity contribution in [3.63, 3.8) is 0 Å². The van der Waals surface area contributed by atoms with Crippen LogP contribution in [0.15, 0.2) is 64.1 Å². The summed E-state index contributed by atoms with van der Waals surface area (Å²) in [6.07, 6.45) is 7.67. The maximum absolute atomic E-state index is 12.8. The van der Waals surface area contributed by atoms with E-state index < -0.39 is 15.1 Å². The van der Waals surface area contributed by atoms with Crippen LogP contribution in [0.1, 0.15) is 41.4 Å². The van der Waals surface area contributed by atoms with Crippen LogP contribution in [0.4, 0.5) is 19.4 Å². The first kappa shape index (κ1) is 28.2. The van der Waals surface area contributed by atoms with Gasteiger partial charge in [-0.2, -0.15) is 0 Å². The number of aliphatic hydroxyl groups is 1. The molecule has 0 unspecified atom stereocenters. The Hall–Kier alpha value is -3.78. The molecular formula is C25H26F5N5O3S. The molecule has 0 radical (unpaired) electrons. The summed E-state index contributed by atoms with van der Waals surface area (Å²) in [6.45, 7) is 0.505. The molecule has 210 valence electrons. The number of halogens is 5. The van der Waals surface area contributed by atoms with Gasteiger partial charge in [-0.1, -0.05) is 43.7 Å². The van der Waals surface area contributed by atoms with Gasteiger partial charge in [-0.05, 0) is 71.2 Å². The third kappa shape index (κ3) is 8.35. The van der Waals surface area contributed by atoms with Gasteiger partial charge in [0.15, 0.2) is 5.82 Å². The molecule has 14 heteroatoms. The first-order valence-corrected chi connectivity index (χ1v) is 13.9. The zero-order valence-corrected chi connectivity index (χ0v) is 21.4. The second kappa shape index (κ2) is 10.8. The first-order chi connectivity index (χ1) is 18.4. The van der Waals surface area contributed by atoms with E-state index in [1.54, 1.807) is 4.68 Å². The fourth-order valence-electron chi connectivity index (χ4n) is 3.66. The van der Waals surface area contributed by atoms with Crippen molar-refractivity contribution in [1.82, 2.24) is 25.2 Å². The van der Waals surface area contributed by atoms with Crippen LogP contribution in [0.2, 0.25) is 0 Å². The molecule has 2 heterocycles. The Kier molecular flexibility index (Phi) is 7.80. The number of unbranched alkanes of at least 4 members (excludes halogenated alkanes) is 1. The maximum Gasteiger partial charge on any atom is 0.310 e. The summed E-state index contributed by atoms with van der Waals surface area (Å²) >= 11 is 0. The molecule has 1 N–H and O–H groups in total. The number of aliphatic hydroxyl groups excluding tert-OH is 1. The number of hydrogen-bond donors (Lipinski definition) is 1. The largest absolute Gasteiger partial charge is 0.487 e. The quantitative estimate of drug-likeness (QED) is 0.142. The van der Waals surface area contributed by atoms with E-state index in [0.29, 0.717) is 30.1 Å². The van der Waals surface area contributed by atoms with Crippen LogP contribution in [-0.4, -0.2) is 36.9 Å². The number of benzene rings is 2. The van der Waals surface area contributed by atoms with Crippen molar-refractivity contribution in [3.05, 3.63) is 83.3 Å². The monoisotopic (exact) mass is 571 g/mol. The molecule has 8 nitrogen and oxygen atoms in total. The van der Waals surface area contributed by atoms with E-state index in [0.717, 1.165) is 49.2 Å². The number of ether oxygens (including phenoxy) is 1. The van der Waals surface area contributed by atoms with E-state index in [4.69, 9.17) is 14.3 Å². The average Bonchev–Trinajstić information content (AvgIpc) is 3.53. The van der Waals surface area contributed by atoms with Crippen molar-refractivity contribution in [1.29, 1.82) is 0 Å². The van der Waals surface area contributed by atoms with E-state index in [1.165, 1.54) is 18.4 Å². The van der Waals surface area contributed by atoms with Gasteiger partial charge in [0.25, 0.3) is 0 Å². The van der Waals surface area contributed by atoms with Crippen LogP contribution in [0.3, 0.4) is 0 Å². The second-order valence-corrected chi connectivity index (χ2v) is 11.1. The van der Waals surface area contributed by atoms with Crippen LogP contribution >= 0.6 is 10.2 Å².